The average Bonchev–Trinajstić information content (AvgIpc) is 2.34. The van der Waals surface area contributed by atoms with Gasteiger partial charge in [-0.2, -0.15) is 0 Å². The van der Waals surface area contributed by atoms with Gasteiger partial charge in [0, 0.05) is 29.3 Å². The van der Waals surface area contributed by atoms with Crippen molar-refractivity contribution in [1.29, 1.82) is 0 Å². The fourth-order valence-electron chi connectivity index (χ4n) is 2.13. The van der Waals surface area contributed by atoms with Crippen LogP contribution in [0.3, 0.4) is 0 Å². The Morgan fingerprint density at radius 1 is 1.28 bits per heavy atom. The summed E-state index contributed by atoms with van der Waals surface area (Å²) in [5.41, 5.74) is 2.73. The molecular formula is C15H25BrN2. The van der Waals surface area contributed by atoms with Crippen LogP contribution in [0.25, 0.3) is 0 Å². The molecule has 102 valence electrons. The normalized spacial score (nSPS) is 11.0. The molecule has 0 aliphatic rings. The number of halogens is 1. The Balaban J connectivity index is 3.03. The Labute approximate surface area is 120 Å². The third-order valence-corrected chi connectivity index (χ3v) is 3.50. The van der Waals surface area contributed by atoms with Crippen LogP contribution in [0.15, 0.2) is 22.7 Å². The molecular weight excluding hydrogens is 288 g/mol. The van der Waals surface area contributed by atoms with Crippen LogP contribution < -0.4 is 10.2 Å². The Bertz CT molecular complexity index is 364. The van der Waals surface area contributed by atoms with Crippen LogP contribution in [0.2, 0.25) is 0 Å². The molecule has 0 saturated carbocycles. The molecule has 0 aliphatic carbocycles. The third kappa shape index (κ3) is 4.29. The maximum atomic E-state index is 3.57. The summed E-state index contributed by atoms with van der Waals surface area (Å²) in [4.78, 5) is 2.49. The van der Waals surface area contributed by atoms with E-state index < -0.39 is 0 Å². The zero-order chi connectivity index (χ0) is 13.5. The van der Waals surface area contributed by atoms with Crippen molar-refractivity contribution in [3.8, 4) is 0 Å². The van der Waals surface area contributed by atoms with E-state index in [1.54, 1.807) is 0 Å². The molecule has 0 heterocycles. The van der Waals surface area contributed by atoms with Crippen molar-refractivity contribution in [2.45, 2.75) is 46.7 Å². The Kier molecular flexibility index (Phi) is 6.72. The highest BCUT2D eigenvalue weighted by molar-refractivity contribution is 9.10. The van der Waals surface area contributed by atoms with Gasteiger partial charge in [-0.1, -0.05) is 29.8 Å². The number of anilines is 1. The van der Waals surface area contributed by atoms with Gasteiger partial charge in [0.05, 0.1) is 0 Å². The first-order valence-electron chi connectivity index (χ1n) is 6.85. The molecule has 0 aromatic heterocycles. The number of benzene rings is 1. The monoisotopic (exact) mass is 312 g/mol. The zero-order valence-corrected chi connectivity index (χ0v) is 13.5. The molecule has 1 aromatic rings. The molecule has 0 amide bonds. The highest BCUT2D eigenvalue weighted by Crippen LogP contribution is 2.26. The third-order valence-electron chi connectivity index (χ3n) is 3.00. The average molecular weight is 313 g/mol. The van der Waals surface area contributed by atoms with Gasteiger partial charge in [0.15, 0.2) is 0 Å². The van der Waals surface area contributed by atoms with Crippen LogP contribution in [0, 0.1) is 0 Å². The molecule has 0 fully saturated rings. The van der Waals surface area contributed by atoms with Crippen LogP contribution in [0.4, 0.5) is 5.69 Å². The first-order valence-corrected chi connectivity index (χ1v) is 7.65. The first-order chi connectivity index (χ1) is 8.60. The van der Waals surface area contributed by atoms with Crippen molar-refractivity contribution in [3.05, 3.63) is 28.2 Å². The van der Waals surface area contributed by atoms with E-state index in [0.717, 1.165) is 24.1 Å². The minimum atomic E-state index is 0.534. The van der Waals surface area contributed by atoms with Gasteiger partial charge in [0.1, 0.15) is 0 Å². The van der Waals surface area contributed by atoms with Crippen LogP contribution in [0.5, 0.6) is 0 Å². The van der Waals surface area contributed by atoms with Crippen molar-refractivity contribution in [2.75, 3.05) is 18.0 Å². The molecule has 1 aromatic carbocycles. The van der Waals surface area contributed by atoms with E-state index in [0.29, 0.717) is 6.04 Å². The summed E-state index contributed by atoms with van der Waals surface area (Å²) < 4.78 is 1.15. The summed E-state index contributed by atoms with van der Waals surface area (Å²) in [7, 11) is 0. The summed E-state index contributed by atoms with van der Waals surface area (Å²) in [6, 6.07) is 7.12. The quantitative estimate of drug-likeness (QED) is 0.812. The van der Waals surface area contributed by atoms with Gasteiger partial charge in [-0.25, -0.2) is 0 Å². The predicted molar refractivity (Wildman–Crippen MR) is 84.3 cm³/mol. The van der Waals surface area contributed by atoms with E-state index in [4.69, 9.17) is 0 Å². The summed E-state index contributed by atoms with van der Waals surface area (Å²) in [6.45, 7) is 11.9. The number of hydrogen-bond donors (Lipinski definition) is 1. The minimum absolute atomic E-state index is 0.534. The lowest BCUT2D eigenvalue weighted by molar-refractivity contribution is 0.659. The van der Waals surface area contributed by atoms with Gasteiger partial charge in [0.2, 0.25) is 0 Å². The van der Waals surface area contributed by atoms with Crippen molar-refractivity contribution in [3.63, 3.8) is 0 Å². The van der Waals surface area contributed by atoms with Crippen LogP contribution in [-0.4, -0.2) is 19.1 Å². The van der Waals surface area contributed by atoms with E-state index in [-0.39, 0.29) is 0 Å². The lowest BCUT2D eigenvalue weighted by Crippen LogP contribution is -2.32. The van der Waals surface area contributed by atoms with Crippen molar-refractivity contribution in [1.82, 2.24) is 5.32 Å². The Hall–Kier alpha value is -0.540. The SMILES string of the molecule is CCCN(c1ccc(Br)cc1CNCC)C(C)C. The molecule has 0 bridgehead atoms. The lowest BCUT2D eigenvalue weighted by Gasteiger charge is -2.31. The minimum Gasteiger partial charge on any atom is -0.369 e. The van der Waals surface area contributed by atoms with E-state index in [1.807, 2.05) is 0 Å². The number of nitrogens with zero attached hydrogens (tertiary/aromatic N) is 1. The molecule has 0 atom stereocenters. The molecule has 0 spiro atoms. The van der Waals surface area contributed by atoms with E-state index in [1.165, 1.54) is 17.7 Å². The fraction of sp³-hybridized carbons (Fsp3) is 0.600. The van der Waals surface area contributed by atoms with Gasteiger partial charge < -0.3 is 10.2 Å². The van der Waals surface area contributed by atoms with E-state index >= 15 is 0 Å². The molecule has 0 unspecified atom stereocenters. The Morgan fingerprint density at radius 2 is 2.00 bits per heavy atom. The Morgan fingerprint density at radius 3 is 2.56 bits per heavy atom. The van der Waals surface area contributed by atoms with Gasteiger partial charge in [-0.15, -0.1) is 0 Å². The number of nitrogens with one attached hydrogen (secondary N) is 1. The van der Waals surface area contributed by atoms with Crippen LogP contribution in [0.1, 0.15) is 39.7 Å². The highest BCUT2D eigenvalue weighted by atomic mass is 79.9. The summed E-state index contributed by atoms with van der Waals surface area (Å²) in [5, 5.41) is 3.42. The maximum absolute atomic E-state index is 3.57. The molecule has 0 aliphatic heterocycles. The van der Waals surface area contributed by atoms with Crippen LogP contribution in [-0.2, 0) is 6.54 Å². The standard InChI is InChI=1S/C15H25BrN2/c1-5-9-18(12(3)4)15-8-7-14(16)10-13(15)11-17-6-2/h7-8,10,12,17H,5-6,9,11H2,1-4H3. The van der Waals surface area contributed by atoms with Crippen molar-refractivity contribution in [2.24, 2.45) is 0 Å². The molecule has 2 nitrogen and oxygen atoms in total. The summed E-state index contributed by atoms with van der Waals surface area (Å²) >= 11 is 3.57. The zero-order valence-electron chi connectivity index (χ0n) is 12.0. The largest absolute Gasteiger partial charge is 0.369 e. The maximum Gasteiger partial charge on any atom is 0.0414 e. The second-order valence-electron chi connectivity index (χ2n) is 4.84. The molecule has 0 saturated heterocycles. The lowest BCUT2D eigenvalue weighted by atomic mass is 10.1. The summed E-state index contributed by atoms with van der Waals surface area (Å²) in [5.74, 6) is 0. The van der Waals surface area contributed by atoms with Crippen molar-refractivity contribution < 1.29 is 0 Å². The molecule has 3 heteroatoms. The van der Waals surface area contributed by atoms with Crippen LogP contribution >= 0.6 is 15.9 Å². The molecule has 18 heavy (non-hydrogen) atoms. The van der Waals surface area contributed by atoms with E-state index in [9.17, 15) is 0 Å². The van der Waals surface area contributed by atoms with Crippen molar-refractivity contribution >= 4 is 21.6 Å². The van der Waals surface area contributed by atoms with Gasteiger partial charge >= 0.3 is 0 Å². The number of rotatable bonds is 7. The molecule has 1 N–H and O–H groups in total. The number of hydrogen-bond acceptors (Lipinski definition) is 2. The molecule has 0 radical (unpaired) electrons. The smallest absolute Gasteiger partial charge is 0.0414 e. The second-order valence-corrected chi connectivity index (χ2v) is 5.76. The fourth-order valence-corrected chi connectivity index (χ4v) is 2.54. The second kappa shape index (κ2) is 7.80. The van der Waals surface area contributed by atoms with Gasteiger partial charge in [0.25, 0.3) is 0 Å². The first kappa shape index (κ1) is 15.5. The topological polar surface area (TPSA) is 15.3 Å². The van der Waals surface area contributed by atoms with Gasteiger partial charge in [-0.3, -0.25) is 0 Å². The highest BCUT2D eigenvalue weighted by Gasteiger charge is 2.13. The predicted octanol–water partition coefficient (Wildman–Crippen LogP) is 4.18. The van der Waals surface area contributed by atoms with Gasteiger partial charge in [-0.05, 0) is 50.6 Å². The molecule has 1 rings (SSSR count). The summed E-state index contributed by atoms with van der Waals surface area (Å²) in [6.07, 6.45) is 1.18. The van der Waals surface area contributed by atoms with E-state index in [2.05, 4.69) is 72.0 Å².